The van der Waals surface area contributed by atoms with E-state index in [9.17, 15) is 18.0 Å². The van der Waals surface area contributed by atoms with Crippen molar-refractivity contribution in [2.24, 2.45) is 0 Å². The molecule has 3 rings (SSSR count). The molecule has 0 N–H and O–H groups in total. The Morgan fingerprint density at radius 3 is 2.68 bits per heavy atom. The topological polar surface area (TPSA) is 44.8 Å². The summed E-state index contributed by atoms with van der Waals surface area (Å²) in [5.41, 5.74) is 2.75. The summed E-state index contributed by atoms with van der Waals surface area (Å²) in [5, 5.41) is 0. The first-order valence-corrected chi connectivity index (χ1v) is 9.22. The van der Waals surface area contributed by atoms with Crippen molar-refractivity contribution >= 4 is 5.97 Å². The summed E-state index contributed by atoms with van der Waals surface area (Å²) in [7, 11) is 0. The molecule has 1 heterocycles. The molecule has 0 bridgehead atoms. The van der Waals surface area contributed by atoms with Crippen LogP contribution in [0.4, 0.5) is 13.2 Å². The van der Waals surface area contributed by atoms with E-state index in [1.165, 1.54) is 12.3 Å². The van der Waals surface area contributed by atoms with E-state index in [0.29, 0.717) is 25.0 Å². The maximum atomic E-state index is 13.1. The third-order valence-corrected chi connectivity index (χ3v) is 5.23. The third kappa shape index (κ3) is 4.09. The van der Waals surface area contributed by atoms with Crippen LogP contribution in [0, 0.1) is 0 Å². The van der Waals surface area contributed by atoms with E-state index >= 15 is 0 Å². The van der Waals surface area contributed by atoms with Gasteiger partial charge in [0.25, 0.3) is 0 Å². The molecule has 2 unspecified atom stereocenters. The van der Waals surface area contributed by atoms with Crippen LogP contribution < -0.4 is 0 Å². The molecule has 0 fully saturated rings. The number of hydrogen-bond donors (Lipinski definition) is 0. The highest BCUT2D eigenvalue weighted by Gasteiger charge is 2.36. The number of esters is 1. The molecule has 1 aliphatic heterocycles. The number of benzene rings is 1. The summed E-state index contributed by atoms with van der Waals surface area (Å²) < 4.78 is 55.8. The number of carbonyl (C=O) groups excluding carboxylic acids is 1. The van der Waals surface area contributed by atoms with Crippen LogP contribution >= 0.6 is 0 Å². The molecule has 4 nitrogen and oxygen atoms in total. The summed E-state index contributed by atoms with van der Waals surface area (Å²) in [6.45, 7) is 6.10. The second kappa shape index (κ2) is 7.99. The Morgan fingerprint density at radius 2 is 2.07 bits per heavy atom. The van der Waals surface area contributed by atoms with Gasteiger partial charge >= 0.3 is 12.1 Å². The number of halogens is 3. The summed E-state index contributed by atoms with van der Waals surface area (Å²) in [4.78, 5) is 12.5. The monoisotopic (exact) mass is 396 g/mol. The maximum Gasteiger partial charge on any atom is 0.416 e. The highest BCUT2D eigenvalue weighted by molar-refractivity contribution is 5.90. The number of hydrogen-bond acceptors (Lipinski definition) is 4. The van der Waals surface area contributed by atoms with Crippen molar-refractivity contribution in [3.05, 3.63) is 57.9 Å². The van der Waals surface area contributed by atoms with Gasteiger partial charge in [-0.15, -0.1) is 0 Å². The van der Waals surface area contributed by atoms with Gasteiger partial charge in [0.2, 0.25) is 6.29 Å². The van der Waals surface area contributed by atoms with Gasteiger partial charge in [-0.3, -0.25) is 0 Å². The zero-order chi connectivity index (χ0) is 20.5. The van der Waals surface area contributed by atoms with Crippen LogP contribution in [0.3, 0.4) is 0 Å². The second-order valence-electron chi connectivity index (χ2n) is 7.04. The van der Waals surface area contributed by atoms with E-state index in [2.05, 4.69) is 0 Å². The van der Waals surface area contributed by atoms with E-state index in [0.717, 1.165) is 28.8 Å². The number of carbonyl (C=O) groups is 1. The molecule has 2 aliphatic rings. The van der Waals surface area contributed by atoms with Gasteiger partial charge in [0.15, 0.2) is 0 Å². The van der Waals surface area contributed by atoms with Crippen LogP contribution in [0.1, 0.15) is 49.8 Å². The van der Waals surface area contributed by atoms with Gasteiger partial charge in [-0.05, 0) is 68.0 Å². The highest BCUT2D eigenvalue weighted by atomic mass is 19.4. The zero-order valence-corrected chi connectivity index (χ0v) is 16.1. The van der Waals surface area contributed by atoms with Gasteiger partial charge in [0.05, 0.1) is 30.6 Å². The normalized spacial score (nSPS) is 22.4. The average Bonchev–Trinajstić information content (AvgIpc) is 3.19. The predicted molar refractivity (Wildman–Crippen MR) is 96.4 cm³/mol. The third-order valence-electron chi connectivity index (χ3n) is 5.23. The number of ether oxygens (including phenoxy) is 3. The van der Waals surface area contributed by atoms with Gasteiger partial charge < -0.3 is 14.2 Å². The SMILES string of the molecule is CCOC(=O)/C(=C/OC1OCC(C)=C1C)C1CCc2ccc(C(F)(F)F)cc21. The Morgan fingerprint density at radius 1 is 1.32 bits per heavy atom. The van der Waals surface area contributed by atoms with Gasteiger partial charge in [0, 0.05) is 5.92 Å². The molecule has 0 spiro atoms. The lowest BCUT2D eigenvalue weighted by molar-refractivity contribution is -0.139. The van der Waals surface area contributed by atoms with Crippen LogP contribution in [0.5, 0.6) is 0 Å². The Kier molecular flexibility index (Phi) is 5.84. The molecule has 0 amide bonds. The number of aryl methyl sites for hydroxylation is 1. The smallest absolute Gasteiger partial charge is 0.416 e. The van der Waals surface area contributed by atoms with E-state index in [-0.39, 0.29) is 12.2 Å². The molecule has 1 aromatic rings. The summed E-state index contributed by atoms with van der Waals surface area (Å²) in [6.07, 6.45) is -2.64. The van der Waals surface area contributed by atoms with Crippen molar-refractivity contribution in [3.63, 3.8) is 0 Å². The fourth-order valence-corrected chi connectivity index (χ4v) is 3.51. The minimum absolute atomic E-state index is 0.163. The Labute approximate surface area is 162 Å². The van der Waals surface area contributed by atoms with Crippen molar-refractivity contribution < 1.29 is 32.2 Å². The molecule has 1 aliphatic carbocycles. The van der Waals surface area contributed by atoms with Crippen LogP contribution in [0.15, 0.2) is 41.2 Å². The lowest BCUT2D eigenvalue weighted by Gasteiger charge is -2.18. The van der Waals surface area contributed by atoms with E-state index in [1.807, 2.05) is 13.8 Å². The van der Waals surface area contributed by atoms with E-state index < -0.39 is 29.9 Å². The fourth-order valence-electron chi connectivity index (χ4n) is 3.51. The van der Waals surface area contributed by atoms with Gasteiger partial charge in [-0.25, -0.2) is 4.79 Å². The lowest BCUT2D eigenvalue weighted by Crippen LogP contribution is -2.17. The van der Waals surface area contributed by atoms with Crippen LogP contribution in [-0.4, -0.2) is 25.5 Å². The molecular formula is C21H23F3O4. The first-order chi connectivity index (χ1) is 13.2. The van der Waals surface area contributed by atoms with E-state index in [4.69, 9.17) is 14.2 Å². The lowest BCUT2D eigenvalue weighted by atomic mass is 9.92. The Balaban J connectivity index is 1.93. The molecule has 0 saturated carbocycles. The molecule has 0 saturated heterocycles. The molecule has 1 aromatic carbocycles. The van der Waals surface area contributed by atoms with Crippen molar-refractivity contribution in [2.75, 3.05) is 13.2 Å². The van der Waals surface area contributed by atoms with Gasteiger partial charge in [-0.1, -0.05) is 6.07 Å². The van der Waals surface area contributed by atoms with Crippen molar-refractivity contribution in [3.8, 4) is 0 Å². The minimum Gasteiger partial charge on any atom is -0.468 e. The van der Waals surface area contributed by atoms with Crippen molar-refractivity contribution in [1.82, 2.24) is 0 Å². The zero-order valence-electron chi connectivity index (χ0n) is 16.1. The van der Waals surface area contributed by atoms with Gasteiger partial charge in [0.1, 0.15) is 0 Å². The number of alkyl halides is 3. The standard InChI is InChI=1S/C21H23F3O4/c1-4-26-19(25)18(11-28-20-13(3)12(2)10-27-20)16-8-6-14-5-7-15(9-17(14)16)21(22,23)24/h5,7,9,11,16,20H,4,6,8,10H2,1-3H3/b18-11+. The first-order valence-electron chi connectivity index (χ1n) is 9.22. The molecule has 152 valence electrons. The van der Waals surface area contributed by atoms with Crippen molar-refractivity contribution in [2.45, 2.75) is 52.0 Å². The Bertz CT molecular complexity index is 823. The van der Waals surface area contributed by atoms with Crippen molar-refractivity contribution in [1.29, 1.82) is 0 Å². The summed E-state index contributed by atoms with van der Waals surface area (Å²) >= 11 is 0. The highest BCUT2D eigenvalue weighted by Crippen LogP contribution is 2.42. The molecule has 0 radical (unpaired) electrons. The maximum absolute atomic E-state index is 13.1. The molecule has 2 atom stereocenters. The molecule has 7 heteroatoms. The largest absolute Gasteiger partial charge is 0.468 e. The minimum atomic E-state index is -4.44. The van der Waals surface area contributed by atoms with Crippen LogP contribution in [-0.2, 0) is 31.6 Å². The predicted octanol–water partition coefficient (Wildman–Crippen LogP) is 4.89. The second-order valence-corrected chi connectivity index (χ2v) is 7.04. The molecule has 28 heavy (non-hydrogen) atoms. The Hall–Kier alpha value is -2.28. The average molecular weight is 396 g/mol. The molecule has 0 aromatic heterocycles. The molecular weight excluding hydrogens is 373 g/mol. The number of fused-ring (bicyclic) bond motifs is 1. The van der Waals surface area contributed by atoms with Crippen LogP contribution in [0.2, 0.25) is 0 Å². The first kappa shape index (κ1) is 20.5. The van der Waals surface area contributed by atoms with Crippen LogP contribution in [0.25, 0.3) is 0 Å². The fraction of sp³-hybridized carbons (Fsp3) is 0.476. The van der Waals surface area contributed by atoms with E-state index in [1.54, 1.807) is 6.92 Å². The number of rotatable bonds is 5. The quantitative estimate of drug-likeness (QED) is 0.308. The van der Waals surface area contributed by atoms with Gasteiger partial charge in [-0.2, -0.15) is 13.2 Å². The summed E-state index contributed by atoms with van der Waals surface area (Å²) in [6, 6.07) is 3.69. The summed E-state index contributed by atoms with van der Waals surface area (Å²) in [5.74, 6) is -1.10.